The van der Waals surface area contributed by atoms with Gasteiger partial charge in [-0.05, 0) is 31.4 Å². The van der Waals surface area contributed by atoms with Gasteiger partial charge in [0, 0.05) is 23.9 Å². The van der Waals surface area contributed by atoms with Gasteiger partial charge in [-0.3, -0.25) is 4.79 Å². The molecule has 1 atom stereocenters. The van der Waals surface area contributed by atoms with Gasteiger partial charge < -0.3 is 16.4 Å². The summed E-state index contributed by atoms with van der Waals surface area (Å²) in [7, 11) is 0. The van der Waals surface area contributed by atoms with Crippen molar-refractivity contribution < 1.29 is 4.79 Å². The highest BCUT2D eigenvalue weighted by Crippen LogP contribution is 2.20. The van der Waals surface area contributed by atoms with Crippen LogP contribution in [0.2, 0.25) is 0 Å². The zero-order chi connectivity index (χ0) is 13.5. The van der Waals surface area contributed by atoms with Crippen molar-refractivity contribution in [3.8, 4) is 0 Å². The fraction of sp³-hybridized carbons (Fsp3) is 0.462. The van der Waals surface area contributed by atoms with Gasteiger partial charge in [0.25, 0.3) is 5.91 Å². The first-order chi connectivity index (χ1) is 8.58. The molecule has 0 saturated heterocycles. The lowest BCUT2D eigenvalue weighted by Crippen LogP contribution is -2.22. The predicted molar refractivity (Wildman–Crippen MR) is 80.3 cm³/mol. The summed E-state index contributed by atoms with van der Waals surface area (Å²) in [6.45, 7) is 5.51. The molecule has 1 aromatic rings. The van der Waals surface area contributed by atoms with E-state index in [0.717, 1.165) is 12.2 Å². The molecule has 18 heavy (non-hydrogen) atoms. The van der Waals surface area contributed by atoms with E-state index in [1.165, 1.54) is 0 Å². The zero-order valence-electron chi connectivity index (χ0n) is 11.1. The van der Waals surface area contributed by atoms with Gasteiger partial charge in [-0.25, -0.2) is 0 Å². The maximum Gasteiger partial charge on any atom is 0.251 e. The normalized spacial score (nSPS) is 11.9. The third-order valence-electron chi connectivity index (χ3n) is 2.63. The van der Waals surface area contributed by atoms with Gasteiger partial charge in [-0.15, -0.1) is 0 Å². The molecule has 0 aromatic heterocycles. The lowest BCUT2D eigenvalue weighted by Gasteiger charge is -2.13. The molecule has 0 aliphatic rings. The van der Waals surface area contributed by atoms with Crippen molar-refractivity contribution in [3.05, 3.63) is 23.8 Å². The highest BCUT2D eigenvalue weighted by atomic mass is 32.2. The van der Waals surface area contributed by atoms with Crippen molar-refractivity contribution in [3.63, 3.8) is 0 Å². The molecule has 1 amide bonds. The fourth-order valence-electron chi connectivity index (χ4n) is 1.46. The predicted octanol–water partition coefficient (Wildman–Crippen LogP) is 2.18. The van der Waals surface area contributed by atoms with Crippen molar-refractivity contribution in [2.45, 2.75) is 19.1 Å². The Kier molecular flexibility index (Phi) is 5.85. The number of hydrogen-bond acceptors (Lipinski definition) is 4. The van der Waals surface area contributed by atoms with Crippen LogP contribution in [0.25, 0.3) is 0 Å². The average molecular weight is 267 g/mol. The third-order valence-corrected chi connectivity index (χ3v) is 3.60. The van der Waals surface area contributed by atoms with E-state index < -0.39 is 0 Å². The Morgan fingerprint density at radius 2 is 2.22 bits per heavy atom. The lowest BCUT2D eigenvalue weighted by atomic mass is 10.1. The maximum absolute atomic E-state index is 11.6. The Bertz CT molecular complexity index is 409. The minimum absolute atomic E-state index is 0.0896. The van der Waals surface area contributed by atoms with Crippen LogP contribution in [0.4, 0.5) is 11.4 Å². The molecule has 4 nitrogen and oxygen atoms in total. The van der Waals surface area contributed by atoms with Crippen LogP contribution in [-0.2, 0) is 0 Å². The first kappa shape index (κ1) is 14.7. The number of anilines is 2. The monoisotopic (exact) mass is 267 g/mol. The largest absolute Gasteiger partial charge is 0.397 e. The number of benzene rings is 1. The van der Waals surface area contributed by atoms with Crippen molar-refractivity contribution in [2.75, 3.05) is 30.4 Å². The van der Waals surface area contributed by atoms with Crippen LogP contribution in [-0.4, -0.2) is 30.5 Å². The molecule has 5 heteroatoms. The van der Waals surface area contributed by atoms with Crippen LogP contribution in [0.1, 0.15) is 24.2 Å². The summed E-state index contributed by atoms with van der Waals surface area (Å²) in [5.41, 5.74) is 8.01. The molecule has 4 N–H and O–H groups in total. The molecular weight excluding hydrogens is 246 g/mol. The van der Waals surface area contributed by atoms with Gasteiger partial charge in [0.15, 0.2) is 0 Å². The summed E-state index contributed by atoms with van der Waals surface area (Å²) in [5.74, 6) is -0.0896. The quantitative estimate of drug-likeness (QED) is 0.691. The van der Waals surface area contributed by atoms with Crippen molar-refractivity contribution in [1.82, 2.24) is 5.32 Å². The number of carbonyl (C=O) groups is 1. The number of nitrogens with one attached hydrogen (secondary N) is 2. The summed E-state index contributed by atoms with van der Waals surface area (Å²) in [4.78, 5) is 11.6. The van der Waals surface area contributed by atoms with Crippen LogP contribution < -0.4 is 16.4 Å². The molecule has 1 aromatic carbocycles. The summed E-state index contributed by atoms with van der Waals surface area (Å²) < 4.78 is 0. The molecule has 0 aliphatic heterocycles. The minimum Gasteiger partial charge on any atom is -0.397 e. The molecule has 1 unspecified atom stereocenters. The zero-order valence-corrected chi connectivity index (χ0v) is 11.9. The molecule has 0 saturated carbocycles. The third kappa shape index (κ3) is 4.14. The van der Waals surface area contributed by atoms with Gasteiger partial charge >= 0.3 is 0 Å². The highest BCUT2D eigenvalue weighted by Gasteiger charge is 2.07. The number of carbonyl (C=O) groups excluding carboxylic acids is 1. The Morgan fingerprint density at radius 1 is 1.50 bits per heavy atom. The van der Waals surface area contributed by atoms with Crippen molar-refractivity contribution in [1.29, 1.82) is 0 Å². The van der Waals surface area contributed by atoms with Gasteiger partial charge in [0.1, 0.15) is 0 Å². The van der Waals surface area contributed by atoms with E-state index in [9.17, 15) is 4.79 Å². The Hall–Kier alpha value is -1.36. The average Bonchev–Trinajstić information content (AvgIpc) is 2.37. The SMILES string of the molecule is CCNC(=O)c1ccc(NCC(C)SC)c(N)c1. The molecular formula is C13H21N3OS. The Balaban J connectivity index is 2.70. The first-order valence-electron chi connectivity index (χ1n) is 6.02. The lowest BCUT2D eigenvalue weighted by molar-refractivity contribution is 0.0956. The molecule has 0 aliphatic carbocycles. The van der Waals surface area contributed by atoms with Crippen LogP contribution in [0.3, 0.4) is 0 Å². The molecule has 1 rings (SSSR count). The number of hydrogen-bond donors (Lipinski definition) is 3. The molecule has 0 fully saturated rings. The second kappa shape index (κ2) is 7.16. The van der Waals surface area contributed by atoms with E-state index in [4.69, 9.17) is 5.73 Å². The van der Waals surface area contributed by atoms with E-state index in [-0.39, 0.29) is 5.91 Å². The number of nitrogen functional groups attached to an aromatic ring is 1. The summed E-state index contributed by atoms with van der Waals surface area (Å²) in [6.07, 6.45) is 2.08. The highest BCUT2D eigenvalue weighted by molar-refractivity contribution is 7.99. The topological polar surface area (TPSA) is 67.2 Å². The number of amides is 1. The second-order valence-electron chi connectivity index (χ2n) is 4.09. The van der Waals surface area contributed by atoms with Gasteiger partial charge in [0.05, 0.1) is 11.4 Å². The van der Waals surface area contributed by atoms with Crippen molar-refractivity contribution >= 4 is 29.0 Å². The number of rotatable bonds is 6. The van der Waals surface area contributed by atoms with E-state index in [1.54, 1.807) is 23.9 Å². The van der Waals surface area contributed by atoms with Crippen LogP contribution in [0.15, 0.2) is 18.2 Å². The van der Waals surface area contributed by atoms with Gasteiger partial charge in [-0.1, -0.05) is 6.92 Å². The van der Waals surface area contributed by atoms with E-state index in [1.807, 2.05) is 13.0 Å². The van der Waals surface area contributed by atoms with E-state index >= 15 is 0 Å². The fourth-order valence-corrected chi connectivity index (χ4v) is 1.71. The summed E-state index contributed by atoms with van der Waals surface area (Å²) in [5, 5.41) is 6.55. The van der Waals surface area contributed by atoms with Gasteiger partial charge in [0.2, 0.25) is 0 Å². The van der Waals surface area contributed by atoms with E-state index in [2.05, 4.69) is 23.8 Å². The molecule has 0 heterocycles. The Morgan fingerprint density at radius 3 is 2.78 bits per heavy atom. The van der Waals surface area contributed by atoms with Crippen LogP contribution in [0, 0.1) is 0 Å². The standard InChI is InChI=1S/C13H21N3OS/c1-4-15-13(17)10-5-6-12(11(14)7-10)16-8-9(2)18-3/h5-7,9,16H,4,8,14H2,1-3H3,(H,15,17). The van der Waals surface area contributed by atoms with Crippen molar-refractivity contribution in [2.24, 2.45) is 0 Å². The number of thioether (sulfide) groups is 1. The first-order valence-corrected chi connectivity index (χ1v) is 7.31. The maximum atomic E-state index is 11.6. The van der Waals surface area contributed by atoms with Crippen LogP contribution >= 0.6 is 11.8 Å². The minimum atomic E-state index is -0.0896. The molecule has 0 bridgehead atoms. The second-order valence-corrected chi connectivity index (χ2v) is 5.36. The Labute approximate surface area is 113 Å². The van der Waals surface area contributed by atoms with Crippen LogP contribution in [0.5, 0.6) is 0 Å². The van der Waals surface area contributed by atoms with E-state index in [0.29, 0.717) is 23.0 Å². The number of nitrogens with two attached hydrogens (primary N) is 1. The molecule has 0 radical (unpaired) electrons. The summed E-state index contributed by atoms with van der Waals surface area (Å²) in [6, 6.07) is 5.34. The smallest absolute Gasteiger partial charge is 0.251 e. The van der Waals surface area contributed by atoms with Gasteiger partial charge in [-0.2, -0.15) is 11.8 Å². The molecule has 100 valence electrons. The molecule has 0 spiro atoms. The summed E-state index contributed by atoms with van der Waals surface area (Å²) >= 11 is 1.80.